The normalized spacial score (nSPS) is 15.4. The molecule has 0 aliphatic carbocycles. The van der Waals surface area contributed by atoms with Crippen molar-refractivity contribution in [3.8, 4) is 0 Å². The number of unbranched alkanes of at least 4 members (excludes halogenated alkanes) is 5. The Bertz CT molecular complexity index is 2560. The number of aliphatic hydroxyl groups is 2. The third kappa shape index (κ3) is 69.3. The molecule has 5 atom stereocenters. The summed E-state index contributed by atoms with van der Waals surface area (Å²) in [5, 5.41) is 20.6. The first kappa shape index (κ1) is 89.1. The highest BCUT2D eigenvalue weighted by Crippen LogP contribution is 2.45. The van der Waals surface area contributed by atoms with Gasteiger partial charge in [-0.3, -0.25) is 32.5 Å². The summed E-state index contributed by atoms with van der Waals surface area (Å²) < 4.78 is 60.7. The minimum atomic E-state index is -4.97. The van der Waals surface area contributed by atoms with E-state index in [1.165, 1.54) is 0 Å². The van der Waals surface area contributed by atoms with Crippen molar-refractivity contribution in [3.63, 3.8) is 0 Å². The topological polar surface area (TPSA) is 231 Å². The maximum atomic E-state index is 12.9. The van der Waals surface area contributed by atoms with Crippen LogP contribution in [0.1, 0.15) is 201 Å². The van der Waals surface area contributed by atoms with Crippen molar-refractivity contribution in [1.29, 1.82) is 0 Å². The molecule has 95 heavy (non-hydrogen) atoms. The minimum Gasteiger partial charge on any atom is -0.463 e. The fourth-order valence-corrected chi connectivity index (χ4v) is 9.45. The van der Waals surface area contributed by atoms with Crippen molar-refractivity contribution in [2.24, 2.45) is 0 Å². The third-order valence-corrected chi connectivity index (χ3v) is 14.9. The van der Waals surface area contributed by atoms with Crippen LogP contribution in [0.3, 0.4) is 0 Å². The van der Waals surface area contributed by atoms with Crippen LogP contribution in [0.5, 0.6) is 0 Å². The lowest BCUT2D eigenvalue weighted by molar-refractivity contribution is -0.161. The number of rotatable bonds is 62. The highest BCUT2D eigenvalue weighted by Gasteiger charge is 2.29. The maximum Gasteiger partial charge on any atom is 0.472 e. The molecule has 4 N–H and O–H groups in total. The van der Waals surface area contributed by atoms with E-state index in [1.807, 2.05) is 30.4 Å². The van der Waals surface area contributed by atoms with E-state index in [1.54, 1.807) is 0 Å². The number of ether oxygens (including phenoxy) is 3. The molecule has 0 saturated heterocycles. The minimum absolute atomic E-state index is 0.000117. The quantitative estimate of drug-likeness (QED) is 0.0146. The van der Waals surface area contributed by atoms with Gasteiger partial charge in [-0.25, -0.2) is 9.13 Å². The molecule has 0 aromatic rings. The Hall–Kier alpha value is -5.87. The summed E-state index contributed by atoms with van der Waals surface area (Å²) in [5.41, 5.74) is 0. The molecule has 0 aliphatic heterocycles. The number of carbonyl (C=O) groups is 3. The first-order valence-corrected chi connectivity index (χ1v) is 37.4. The number of hydrogen-bond donors (Lipinski definition) is 4. The smallest absolute Gasteiger partial charge is 0.463 e. The average Bonchev–Trinajstić information content (AvgIpc) is 2.05. The lowest BCUT2D eigenvalue weighted by atomic mass is 10.1. The van der Waals surface area contributed by atoms with E-state index in [0.717, 1.165) is 128 Å². The van der Waals surface area contributed by atoms with Gasteiger partial charge in [0.25, 0.3) is 0 Å². The SMILES string of the molecule is CC/C=C\C/C=C\C/C=C\C/C=C\C/C=C\C/C=C\CCCCCCC(=O)OCC(O)COP(=O)(O)OCC(O)COP(=O)(O)OCC(COC(=O)CC/C=C\C/C=C\C/C=C\C/C=C\C/C=C\C/C=C\CC)OC(=O)CCC/C=C\C/C=C\C/C=C\C/C=C\C/C=C\CC. The molecule has 5 unspecified atom stereocenters. The molecule has 0 fully saturated rings. The van der Waals surface area contributed by atoms with Crippen LogP contribution < -0.4 is 0 Å². The van der Waals surface area contributed by atoms with Crippen molar-refractivity contribution in [3.05, 3.63) is 207 Å². The van der Waals surface area contributed by atoms with Crippen LogP contribution in [-0.4, -0.2) is 95.9 Å². The fourth-order valence-electron chi connectivity index (χ4n) is 7.87. The molecular formula is C77H118O16P2. The number of phosphoric acid groups is 2. The van der Waals surface area contributed by atoms with Crippen molar-refractivity contribution < 1.29 is 75.8 Å². The molecule has 0 amide bonds. The third-order valence-electron chi connectivity index (χ3n) is 13.0. The Morgan fingerprint density at radius 1 is 0.295 bits per heavy atom. The first-order chi connectivity index (χ1) is 46.2. The monoisotopic (exact) mass is 1360 g/mol. The van der Waals surface area contributed by atoms with Gasteiger partial charge in [0.2, 0.25) is 0 Å². The standard InChI is InChI=1S/C77H118O16P2/c1-4-7-10-13-16-19-22-25-28-31-33-34-35-36-38-41-42-45-48-51-54-57-60-63-75(80)87-66-72(78)67-89-94(83,84)90-68-73(79)69-91-95(85,86)92-71-74(93-77(82)65-62-59-56-53-50-47-44-39-30-27-24-21-18-15-12-9-6-3)70-88-76(81)64-61-58-55-52-49-46-43-40-37-32-29-26-23-20-17-14-11-8-5-2/h7-12,16-21,25-30,33-34,36-38,40,42,44-47,49,53,55-56,58,72-74,78-79H,4-6,13-15,22-24,31-32,35,39,41,43,48,50-52,54,57,59-71H2,1-3H3,(H,83,84)(H,85,86)/b10-7-,11-8-,12-9-,19-16-,20-17-,21-18-,28-25-,29-26-,30-27-,34-33-,38-36-,40-37-,45-42-,47-44-,49-46-,56-53-,58-55-. The van der Waals surface area contributed by atoms with Crippen LogP contribution in [0, 0.1) is 0 Å². The van der Waals surface area contributed by atoms with Crippen molar-refractivity contribution in [2.75, 3.05) is 39.6 Å². The molecule has 0 rings (SSSR count). The molecule has 0 saturated carbocycles. The summed E-state index contributed by atoms with van der Waals surface area (Å²) >= 11 is 0. The zero-order chi connectivity index (χ0) is 69.5. The van der Waals surface area contributed by atoms with E-state index in [9.17, 15) is 43.5 Å². The number of aliphatic hydroxyl groups excluding tert-OH is 2. The van der Waals surface area contributed by atoms with E-state index in [2.05, 4.69) is 197 Å². The predicted octanol–water partition coefficient (Wildman–Crippen LogP) is 19.4. The molecule has 0 aromatic carbocycles. The van der Waals surface area contributed by atoms with Crippen LogP contribution in [0.25, 0.3) is 0 Å². The maximum absolute atomic E-state index is 12.9. The zero-order valence-corrected chi connectivity index (χ0v) is 59.3. The van der Waals surface area contributed by atoms with Crippen molar-refractivity contribution in [2.45, 2.75) is 219 Å². The van der Waals surface area contributed by atoms with Gasteiger partial charge in [0, 0.05) is 19.3 Å². The van der Waals surface area contributed by atoms with Gasteiger partial charge >= 0.3 is 33.6 Å². The van der Waals surface area contributed by atoms with Crippen LogP contribution in [0.15, 0.2) is 207 Å². The number of allylic oxidation sites excluding steroid dienone is 34. The molecule has 0 aliphatic rings. The van der Waals surface area contributed by atoms with Crippen molar-refractivity contribution in [1.82, 2.24) is 0 Å². The summed E-state index contributed by atoms with van der Waals surface area (Å²) in [5.74, 6) is -1.79. The Morgan fingerprint density at radius 3 is 0.916 bits per heavy atom. The lowest BCUT2D eigenvalue weighted by Gasteiger charge is -2.21. The van der Waals surface area contributed by atoms with Gasteiger partial charge in [-0.15, -0.1) is 0 Å². The Labute approximate surface area is 571 Å². The van der Waals surface area contributed by atoms with Gasteiger partial charge in [0.15, 0.2) is 6.10 Å². The number of hydrogen-bond acceptors (Lipinski definition) is 14. The Balaban J connectivity index is 4.84. The lowest BCUT2D eigenvalue weighted by Crippen LogP contribution is -2.30. The Kier molecular flexibility index (Phi) is 63.9. The molecule has 0 radical (unpaired) electrons. The fraction of sp³-hybridized carbons (Fsp3) is 0.519. The van der Waals surface area contributed by atoms with Crippen LogP contribution >= 0.6 is 15.6 Å². The van der Waals surface area contributed by atoms with E-state index in [-0.39, 0.29) is 19.3 Å². The average molecular weight is 1360 g/mol. The summed E-state index contributed by atoms with van der Waals surface area (Å²) in [7, 11) is -9.85. The number of esters is 3. The molecule has 16 nitrogen and oxygen atoms in total. The zero-order valence-electron chi connectivity index (χ0n) is 57.5. The summed E-state index contributed by atoms with van der Waals surface area (Å²) in [6.45, 7) is 2.08. The molecule has 18 heteroatoms. The van der Waals surface area contributed by atoms with Gasteiger partial charge in [0.05, 0.1) is 26.4 Å². The van der Waals surface area contributed by atoms with Gasteiger partial charge in [0.1, 0.15) is 25.4 Å². The summed E-state index contributed by atoms with van der Waals surface area (Å²) in [6.07, 6.45) is 89.0. The molecule has 0 spiro atoms. The van der Waals surface area contributed by atoms with E-state index < -0.39 is 91.5 Å². The second kappa shape index (κ2) is 68.1. The first-order valence-electron chi connectivity index (χ1n) is 34.4. The van der Waals surface area contributed by atoms with Crippen LogP contribution in [0.4, 0.5) is 0 Å². The van der Waals surface area contributed by atoms with Gasteiger partial charge in [-0.2, -0.15) is 0 Å². The second-order valence-electron chi connectivity index (χ2n) is 21.8. The van der Waals surface area contributed by atoms with Crippen molar-refractivity contribution >= 4 is 33.6 Å². The van der Waals surface area contributed by atoms with Gasteiger partial charge in [-0.05, 0) is 148 Å². The number of carbonyl (C=O) groups excluding carboxylic acids is 3. The molecule has 0 aromatic heterocycles. The van der Waals surface area contributed by atoms with E-state index >= 15 is 0 Å². The number of phosphoric ester groups is 2. The summed E-state index contributed by atoms with van der Waals surface area (Å²) in [6, 6.07) is 0. The Morgan fingerprint density at radius 2 is 0.558 bits per heavy atom. The van der Waals surface area contributed by atoms with Crippen LogP contribution in [0.2, 0.25) is 0 Å². The highest BCUT2D eigenvalue weighted by molar-refractivity contribution is 7.47. The van der Waals surface area contributed by atoms with Gasteiger partial charge < -0.3 is 34.2 Å². The van der Waals surface area contributed by atoms with E-state index in [4.69, 9.17) is 32.3 Å². The van der Waals surface area contributed by atoms with E-state index in [0.29, 0.717) is 32.1 Å². The molecule has 532 valence electrons. The molecule has 0 bridgehead atoms. The van der Waals surface area contributed by atoms with Gasteiger partial charge in [-0.1, -0.05) is 240 Å². The molecular weight excluding hydrogens is 1240 g/mol. The van der Waals surface area contributed by atoms with Crippen LogP contribution in [-0.2, 0) is 55.8 Å². The predicted molar refractivity (Wildman–Crippen MR) is 389 cm³/mol. The largest absolute Gasteiger partial charge is 0.472 e. The molecule has 0 heterocycles. The highest BCUT2D eigenvalue weighted by atomic mass is 31.2. The second-order valence-corrected chi connectivity index (χ2v) is 24.7. The summed E-state index contributed by atoms with van der Waals surface area (Å²) in [4.78, 5) is 58.4.